The molecule has 0 N–H and O–H groups in total. The first kappa shape index (κ1) is 8.72. The fraction of sp³-hybridized carbons (Fsp3) is 0.182. The Labute approximate surface area is 73.1 Å². The molecule has 0 bridgehead atoms. The Balaban J connectivity index is 0.000000720. The molecule has 1 heteroatoms. The zero-order chi connectivity index (χ0) is 7.68. The molecule has 2 rings (SSSR count). The van der Waals surface area contributed by atoms with E-state index < -0.39 is 0 Å². The van der Waals surface area contributed by atoms with Crippen LogP contribution in [0, 0.1) is 6.92 Å². The molecule has 1 aromatic heterocycles. The molecule has 0 amide bonds. The summed E-state index contributed by atoms with van der Waals surface area (Å²) in [7, 11) is 0. The molecule has 0 radical (unpaired) electrons. The molecule has 0 atom stereocenters. The van der Waals surface area contributed by atoms with Crippen molar-refractivity contribution in [1.82, 2.24) is 4.98 Å². The van der Waals surface area contributed by atoms with Gasteiger partial charge in [0.2, 0.25) is 0 Å². The second-order valence-electron chi connectivity index (χ2n) is 2.71. The molecule has 0 unspecified atom stereocenters. The van der Waals surface area contributed by atoms with Gasteiger partial charge in [-0.2, -0.15) is 0 Å². The van der Waals surface area contributed by atoms with Gasteiger partial charge in [-0.25, -0.2) is 0 Å². The third-order valence-electron chi connectivity index (χ3n) is 1.73. The van der Waals surface area contributed by atoms with Crippen molar-refractivity contribution in [3.8, 4) is 0 Å². The van der Waals surface area contributed by atoms with Crippen LogP contribution >= 0.6 is 0 Å². The van der Waals surface area contributed by atoms with Crippen LogP contribution in [0.4, 0.5) is 0 Å². The predicted octanol–water partition coefficient (Wildman–Crippen LogP) is 3.18. The first-order valence-corrected chi connectivity index (χ1v) is 3.68. The van der Waals surface area contributed by atoms with E-state index in [4.69, 9.17) is 0 Å². The molecule has 0 spiro atoms. The third kappa shape index (κ3) is 1.45. The molecule has 62 valence electrons. The quantitative estimate of drug-likeness (QED) is 0.575. The molecule has 0 saturated heterocycles. The summed E-state index contributed by atoms with van der Waals surface area (Å²) in [5.41, 5.74) is 2.28. The fourth-order valence-electron chi connectivity index (χ4n) is 1.18. The Bertz CT molecular complexity index is 379. The third-order valence-corrected chi connectivity index (χ3v) is 1.73. The summed E-state index contributed by atoms with van der Waals surface area (Å²) in [6, 6.07) is 10.3. The summed E-state index contributed by atoms with van der Waals surface area (Å²) in [6.07, 6.45) is 1.89. The average molecular weight is 159 g/mol. The molecule has 1 aromatic carbocycles. The van der Waals surface area contributed by atoms with Gasteiger partial charge in [0.15, 0.2) is 0 Å². The number of aryl methyl sites for hydroxylation is 1. The van der Waals surface area contributed by atoms with Crippen LogP contribution < -0.4 is 0 Å². The maximum atomic E-state index is 4.28. The first-order valence-electron chi connectivity index (χ1n) is 3.68. The average Bonchev–Trinajstić information content (AvgIpc) is 2.04. The minimum absolute atomic E-state index is 0. The van der Waals surface area contributed by atoms with Gasteiger partial charge < -0.3 is 0 Å². The lowest BCUT2D eigenvalue weighted by Crippen LogP contribution is -1.78. The van der Waals surface area contributed by atoms with Crippen LogP contribution in [0.5, 0.6) is 0 Å². The monoisotopic (exact) mass is 159 g/mol. The zero-order valence-corrected chi connectivity index (χ0v) is 6.41. The number of benzene rings is 1. The van der Waals surface area contributed by atoms with Crippen LogP contribution in [-0.2, 0) is 0 Å². The minimum Gasteiger partial charge on any atom is -0.256 e. The van der Waals surface area contributed by atoms with Crippen molar-refractivity contribution in [1.29, 1.82) is 0 Å². The van der Waals surface area contributed by atoms with Gasteiger partial charge in [0, 0.05) is 11.6 Å². The van der Waals surface area contributed by atoms with E-state index in [-0.39, 0.29) is 7.43 Å². The lowest BCUT2D eigenvalue weighted by molar-refractivity contribution is 1.33. The number of pyridine rings is 1. The number of fused-ring (bicyclic) bond motifs is 1. The van der Waals surface area contributed by atoms with E-state index in [1.165, 1.54) is 10.9 Å². The molecular weight excluding hydrogens is 146 g/mol. The molecule has 0 aliphatic heterocycles. The molecule has 0 saturated carbocycles. The van der Waals surface area contributed by atoms with Crippen molar-refractivity contribution in [2.24, 2.45) is 0 Å². The van der Waals surface area contributed by atoms with Crippen molar-refractivity contribution in [2.45, 2.75) is 14.4 Å². The Hall–Kier alpha value is -1.37. The Morgan fingerprint density at radius 1 is 1.17 bits per heavy atom. The lowest BCUT2D eigenvalue weighted by Gasteiger charge is -1.95. The van der Waals surface area contributed by atoms with Gasteiger partial charge in [0.25, 0.3) is 0 Å². The highest BCUT2D eigenvalue weighted by atomic mass is 14.6. The molecule has 0 aliphatic rings. The van der Waals surface area contributed by atoms with Gasteiger partial charge in [-0.1, -0.05) is 25.6 Å². The summed E-state index contributed by atoms with van der Waals surface area (Å²) in [5.74, 6) is 0. The second kappa shape index (κ2) is 3.35. The van der Waals surface area contributed by atoms with Gasteiger partial charge in [-0.05, 0) is 24.6 Å². The van der Waals surface area contributed by atoms with E-state index in [0.29, 0.717) is 0 Å². The van der Waals surface area contributed by atoms with Gasteiger partial charge >= 0.3 is 0 Å². The van der Waals surface area contributed by atoms with Crippen LogP contribution in [0.25, 0.3) is 10.9 Å². The minimum atomic E-state index is 0. The zero-order valence-electron chi connectivity index (χ0n) is 6.41. The van der Waals surface area contributed by atoms with Crippen LogP contribution in [0.1, 0.15) is 13.0 Å². The Morgan fingerprint density at radius 3 is 2.75 bits per heavy atom. The van der Waals surface area contributed by atoms with Gasteiger partial charge in [-0.15, -0.1) is 0 Å². The highest BCUT2D eigenvalue weighted by molar-refractivity contribution is 5.78. The second-order valence-corrected chi connectivity index (χ2v) is 2.71. The number of hydrogen-bond donors (Lipinski definition) is 0. The highest BCUT2D eigenvalue weighted by Crippen LogP contribution is 2.11. The summed E-state index contributed by atoms with van der Waals surface area (Å²) in [5, 5.41) is 1.22. The summed E-state index contributed by atoms with van der Waals surface area (Å²) >= 11 is 0. The largest absolute Gasteiger partial charge is 0.256 e. The maximum absolute atomic E-state index is 4.28. The van der Waals surface area contributed by atoms with Gasteiger partial charge in [-0.3, -0.25) is 4.98 Å². The van der Waals surface area contributed by atoms with Crippen LogP contribution in [0.2, 0.25) is 0 Å². The van der Waals surface area contributed by atoms with E-state index >= 15 is 0 Å². The number of para-hydroxylation sites is 1. The number of rotatable bonds is 0. The number of nitrogens with zero attached hydrogens (tertiary/aromatic N) is 1. The van der Waals surface area contributed by atoms with Crippen LogP contribution in [0.15, 0.2) is 36.5 Å². The first-order chi connectivity index (χ1) is 5.36. The van der Waals surface area contributed by atoms with Crippen LogP contribution in [0.3, 0.4) is 0 Å². The molecular formula is C11H13N. The Morgan fingerprint density at radius 2 is 1.92 bits per heavy atom. The van der Waals surface area contributed by atoms with Crippen molar-refractivity contribution >= 4 is 10.9 Å². The van der Waals surface area contributed by atoms with Gasteiger partial charge in [0.05, 0.1) is 5.52 Å². The number of aromatic nitrogens is 1. The molecule has 2 aromatic rings. The normalized spacial score (nSPS) is 9.42. The van der Waals surface area contributed by atoms with E-state index in [0.717, 1.165) is 5.52 Å². The lowest BCUT2D eigenvalue weighted by atomic mass is 10.2. The standard InChI is InChI=1S/C10H9N.CH4/c1-8-6-9-4-2-3-5-10(9)11-7-8;/h2-7H,1H3;1H4. The van der Waals surface area contributed by atoms with E-state index in [2.05, 4.69) is 24.0 Å². The van der Waals surface area contributed by atoms with E-state index in [1.54, 1.807) is 0 Å². The summed E-state index contributed by atoms with van der Waals surface area (Å²) in [6.45, 7) is 2.06. The topological polar surface area (TPSA) is 12.9 Å². The maximum Gasteiger partial charge on any atom is 0.0702 e. The summed E-state index contributed by atoms with van der Waals surface area (Å²) < 4.78 is 0. The van der Waals surface area contributed by atoms with Crippen molar-refractivity contribution in [2.75, 3.05) is 0 Å². The molecule has 1 nitrogen and oxygen atoms in total. The SMILES string of the molecule is C.Cc1cnc2ccccc2c1. The Kier molecular flexibility index (Phi) is 2.44. The predicted molar refractivity (Wildman–Crippen MR) is 53.2 cm³/mol. The molecule has 12 heavy (non-hydrogen) atoms. The van der Waals surface area contributed by atoms with Crippen molar-refractivity contribution in [3.05, 3.63) is 42.1 Å². The molecule has 0 aliphatic carbocycles. The molecule has 1 heterocycles. The smallest absolute Gasteiger partial charge is 0.0702 e. The highest BCUT2D eigenvalue weighted by Gasteiger charge is 1.90. The fourth-order valence-corrected chi connectivity index (χ4v) is 1.18. The molecule has 0 fully saturated rings. The van der Waals surface area contributed by atoms with Crippen LogP contribution in [-0.4, -0.2) is 4.98 Å². The van der Waals surface area contributed by atoms with Crippen molar-refractivity contribution < 1.29 is 0 Å². The van der Waals surface area contributed by atoms with Crippen molar-refractivity contribution in [3.63, 3.8) is 0 Å². The van der Waals surface area contributed by atoms with Gasteiger partial charge in [0.1, 0.15) is 0 Å². The summed E-state index contributed by atoms with van der Waals surface area (Å²) in [4.78, 5) is 4.28. The number of hydrogen-bond acceptors (Lipinski definition) is 1. The van der Waals surface area contributed by atoms with E-state index in [9.17, 15) is 0 Å². The van der Waals surface area contributed by atoms with E-state index in [1.807, 2.05) is 24.4 Å².